The van der Waals surface area contributed by atoms with E-state index in [1.807, 2.05) is 0 Å². The first-order valence-corrected chi connectivity index (χ1v) is 7.94. The van der Waals surface area contributed by atoms with Crippen molar-refractivity contribution in [3.63, 3.8) is 0 Å². The van der Waals surface area contributed by atoms with Crippen molar-refractivity contribution in [2.75, 3.05) is 32.8 Å². The molecule has 2 atom stereocenters. The van der Waals surface area contributed by atoms with Crippen molar-refractivity contribution >= 4 is 0 Å². The van der Waals surface area contributed by atoms with E-state index in [4.69, 9.17) is 4.74 Å². The maximum atomic E-state index is 9.67. The van der Waals surface area contributed by atoms with Crippen molar-refractivity contribution in [3.8, 4) is 0 Å². The van der Waals surface area contributed by atoms with Crippen LogP contribution in [0.3, 0.4) is 0 Å². The van der Waals surface area contributed by atoms with Gasteiger partial charge in [0.15, 0.2) is 0 Å². The van der Waals surface area contributed by atoms with Crippen molar-refractivity contribution < 1.29 is 9.84 Å². The second-order valence-corrected chi connectivity index (χ2v) is 6.06. The van der Waals surface area contributed by atoms with Crippen LogP contribution in [0.1, 0.15) is 46.0 Å². The van der Waals surface area contributed by atoms with Crippen molar-refractivity contribution in [1.29, 1.82) is 0 Å². The summed E-state index contributed by atoms with van der Waals surface area (Å²) in [6.07, 6.45) is 6.21. The minimum Gasteiger partial charge on any atom is -0.394 e. The number of nitrogens with one attached hydrogen (secondary N) is 1. The highest BCUT2D eigenvalue weighted by molar-refractivity contribution is 4.99. The topological polar surface area (TPSA) is 44.7 Å². The summed E-state index contributed by atoms with van der Waals surface area (Å²) in [5.41, 5.74) is -0.0177. The average molecular weight is 270 g/mol. The molecule has 1 saturated carbocycles. The molecule has 4 heteroatoms. The Kier molecular flexibility index (Phi) is 5.63. The summed E-state index contributed by atoms with van der Waals surface area (Å²) in [7, 11) is 0. The Morgan fingerprint density at radius 1 is 1.26 bits per heavy atom. The first kappa shape index (κ1) is 15.2. The van der Waals surface area contributed by atoms with Gasteiger partial charge >= 0.3 is 0 Å². The number of aliphatic hydroxyl groups is 1. The van der Waals surface area contributed by atoms with Crippen LogP contribution in [0.15, 0.2) is 0 Å². The first-order valence-electron chi connectivity index (χ1n) is 7.94. The fourth-order valence-electron chi connectivity index (χ4n) is 3.79. The van der Waals surface area contributed by atoms with E-state index in [2.05, 4.69) is 24.1 Å². The van der Waals surface area contributed by atoms with Gasteiger partial charge in [-0.25, -0.2) is 0 Å². The molecule has 4 nitrogen and oxygen atoms in total. The quantitative estimate of drug-likeness (QED) is 0.765. The monoisotopic (exact) mass is 270 g/mol. The molecule has 1 aliphatic heterocycles. The SMILES string of the molecule is CCNC1(CO)CCC(N2CCC(OCC)CC2)C1. The molecule has 1 saturated heterocycles. The zero-order chi connectivity index (χ0) is 13.7. The number of nitrogens with zero attached hydrogens (tertiary/aromatic N) is 1. The Balaban J connectivity index is 1.81. The molecule has 0 bridgehead atoms. The lowest BCUT2D eigenvalue weighted by atomic mass is 9.97. The van der Waals surface area contributed by atoms with Gasteiger partial charge in [0, 0.05) is 31.3 Å². The number of hydrogen-bond donors (Lipinski definition) is 2. The molecule has 2 N–H and O–H groups in total. The largest absolute Gasteiger partial charge is 0.394 e. The van der Waals surface area contributed by atoms with Crippen LogP contribution in [0.4, 0.5) is 0 Å². The van der Waals surface area contributed by atoms with Gasteiger partial charge in [0.25, 0.3) is 0 Å². The lowest BCUT2D eigenvalue weighted by molar-refractivity contribution is 0.00329. The number of aliphatic hydroxyl groups excluding tert-OH is 1. The van der Waals surface area contributed by atoms with Crippen LogP contribution in [0.5, 0.6) is 0 Å². The van der Waals surface area contributed by atoms with E-state index in [9.17, 15) is 5.11 Å². The fourth-order valence-corrected chi connectivity index (χ4v) is 3.79. The Bertz CT molecular complexity index is 267. The molecule has 1 heterocycles. The van der Waals surface area contributed by atoms with Crippen molar-refractivity contribution in [2.45, 2.75) is 63.6 Å². The average Bonchev–Trinajstić information content (AvgIpc) is 2.85. The van der Waals surface area contributed by atoms with E-state index in [1.165, 1.54) is 6.42 Å². The summed E-state index contributed by atoms with van der Waals surface area (Å²) in [5, 5.41) is 13.2. The Morgan fingerprint density at radius 2 is 2.00 bits per heavy atom. The molecular formula is C15H30N2O2. The second-order valence-electron chi connectivity index (χ2n) is 6.06. The molecule has 112 valence electrons. The zero-order valence-corrected chi connectivity index (χ0v) is 12.5. The van der Waals surface area contributed by atoms with Gasteiger partial charge in [-0.3, -0.25) is 0 Å². The lowest BCUT2D eigenvalue weighted by Crippen LogP contribution is -2.49. The number of likely N-dealkylation sites (tertiary alicyclic amines) is 1. The molecule has 19 heavy (non-hydrogen) atoms. The van der Waals surface area contributed by atoms with Crippen LogP contribution in [0, 0.1) is 0 Å². The van der Waals surface area contributed by atoms with E-state index in [-0.39, 0.29) is 12.1 Å². The number of likely N-dealkylation sites (N-methyl/N-ethyl adjacent to an activating group) is 1. The molecule has 0 aromatic heterocycles. The predicted molar refractivity (Wildman–Crippen MR) is 77.4 cm³/mol. The van der Waals surface area contributed by atoms with Crippen molar-refractivity contribution in [3.05, 3.63) is 0 Å². The van der Waals surface area contributed by atoms with E-state index in [0.29, 0.717) is 12.1 Å². The van der Waals surface area contributed by atoms with E-state index in [0.717, 1.165) is 51.9 Å². The van der Waals surface area contributed by atoms with Gasteiger partial charge in [0.2, 0.25) is 0 Å². The summed E-state index contributed by atoms with van der Waals surface area (Å²) in [6, 6.07) is 0.647. The maximum Gasteiger partial charge on any atom is 0.0613 e. The van der Waals surface area contributed by atoms with Gasteiger partial charge < -0.3 is 20.1 Å². The highest BCUT2D eigenvalue weighted by atomic mass is 16.5. The second kappa shape index (κ2) is 7.02. The van der Waals surface area contributed by atoms with Crippen LogP contribution < -0.4 is 5.32 Å². The third-order valence-corrected chi connectivity index (χ3v) is 4.83. The van der Waals surface area contributed by atoms with Gasteiger partial charge in [-0.2, -0.15) is 0 Å². The van der Waals surface area contributed by atoms with Crippen LogP contribution in [0.25, 0.3) is 0 Å². The van der Waals surface area contributed by atoms with Gasteiger partial charge in [-0.15, -0.1) is 0 Å². The number of piperidine rings is 1. The molecule has 2 rings (SSSR count). The summed E-state index contributed by atoms with van der Waals surface area (Å²) in [5.74, 6) is 0. The summed E-state index contributed by atoms with van der Waals surface area (Å²) >= 11 is 0. The van der Waals surface area contributed by atoms with E-state index < -0.39 is 0 Å². The number of rotatable bonds is 6. The van der Waals surface area contributed by atoms with Crippen LogP contribution in [-0.2, 0) is 4.74 Å². The Labute approximate surface area is 117 Å². The first-order chi connectivity index (χ1) is 9.23. The van der Waals surface area contributed by atoms with Gasteiger partial charge in [-0.1, -0.05) is 6.92 Å². The molecular weight excluding hydrogens is 240 g/mol. The minimum absolute atomic E-state index is 0.0177. The van der Waals surface area contributed by atoms with Crippen LogP contribution in [0.2, 0.25) is 0 Å². The summed E-state index contributed by atoms with van der Waals surface area (Å²) in [4.78, 5) is 2.62. The molecule has 0 amide bonds. The highest BCUT2D eigenvalue weighted by Gasteiger charge is 2.40. The lowest BCUT2D eigenvalue weighted by Gasteiger charge is -2.37. The summed E-state index contributed by atoms with van der Waals surface area (Å²) in [6.45, 7) is 8.56. The van der Waals surface area contributed by atoms with Crippen molar-refractivity contribution in [2.24, 2.45) is 0 Å². The summed E-state index contributed by atoms with van der Waals surface area (Å²) < 4.78 is 5.72. The number of hydrogen-bond acceptors (Lipinski definition) is 4. The van der Waals surface area contributed by atoms with Crippen LogP contribution in [-0.4, -0.2) is 60.5 Å². The van der Waals surface area contributed by atoms with E-state index >= 15 is 0 Å². The fraction of sp³-hybridized carbons (Fsp3) is 1.00. The standard InChI is InChI=1S/C15H30N2O2/c1-3-16-15(12-18)8-5-13(11-15)17-9-6-14(7-10-17)19-4-2/h13-14,16,18H,3-12H2,1-2H3. The minimum atomic E-state index is -0.0177. The zero-order valence-electron chi connectivity index (χ0n) is 12.5. The Hall–Kier alpha value is -0.160. The third-order valence-electron chi connectivity index (χ3n) is 4.83. The molecule has 0 radical (unpaired) electrons. The maximum absolute atomic E-state index is 9.67. The van der Waals surface area contributed by atoms with Crippen molar-refractivity contribution in [1.82, 2.24) is 10.2 Å². The normalized spacial score (nSPS) is 33.9. The van der Waals surface area contributed by atoms with Gasteiger partial charge in [0.1, 0.15) is 0 Å². The van der Waals surface area contributed by atoms with Gasteiger partial charge in [-0.05, 0) is 45.6 Å². The van der Waals surface area contributed by atoms with E-state index in [1.54, 1.807) is 0 Å². The molecule has 0 aromatic carbocycles. The number of ether oxygens (including phenoxy) is 1. The third kappa shape index (κ3) is 3.69. The molecule has 1 aliphatic carbocycles. The molecule has 0 spiro atoms. The molecule has 2 unspecified atom stereocenters. The predicted octanol–water partition coefficient (Wildman–Crippen LogP) is 1.38. The molecule has 2 aliphatic rings. The van der Waals surface area contributed by atoms with Gasteiger partial charge in [0.05, 0.1) is 12.7 Å². The highest BCUT2D eigenvalue weighted by Crippen LogP contribution is 2.34. The van der Waals surface area contributed by atoms with Crippen LogP contribution >= 0.6 is 0 Å². The molecule has 2 fully saturated rings. The smallest absolute Gasteiger partial charge is 0.0613 e. The molecule has 0 aromatic rings. The Morgan fingerprint density at radius 3 is 2.58 bits per heavy atom.